The molecule has 0 amide bonds. The highest BCUT2D eigenvalue weighted by Crippen LogP contribution is 2.28. The molecular weight excluding hydrogens is 262 g/mol. The lowest BCUT2D eigenvalue weighted by Crippen LogP contribution is -2.26. The van der Waals surface area contributed by atoms with Gasteiger partial charge >= 0.3 is 0 Å². The van der Waals surface area contributed by atoms with Crippen LogP contribution in [-0.4, -0.2) is 12.2 Å². The van der Waals surface area contributed by atoms with Crippen LogP contribution in [0.1, 0.15) is 18.1 Å². The minimum atomic E-state index is -1.49. The molecule has 1 N–H and O–H groups in total. The van der Waals surface area contributed by atoms with Crippen molar-refractivity contribution in [3.63, 3.8) is 0 Å². The molecule has 0 aromatic heterocycles. The van der Waals surface area contributed by atoms with Crippen LogP contribution >= 0.6 is 0 Å². The second-order valence-corrected chi connectivity index (χ2v) is 4.92. The highest BCUT2D eigenvalue weighted by molar-refractivity contribution is 5.31. The standard InChI is InChI=1S/C16H16F2O2/c1-16(19,14-9-12(17)5-8-15(14)18)10-11-3-6-13(20-2)7-4-11/h3-9,19H,10H2,1-2H3. The molecule has 4 heteroatoms. The van der Waals surface area contributed by atoms with Crippen LogP contribution in [0.4, 0.5) is 8.78 Å². The van der Waals surface area contributed by atoms with Gasteiger partial charge in [0.05, 0.1) is 12.7 Å². The summed E-state index contributed by atoms with van der Waals surface area (Å²) in [7, 11) is 1.56. The molecule has 2 aromatic rings. The van der Waals surface area contributed by atoms with Crippen molar-refractivity contribution < 1.29 is 18.6 Å². The summed E-state index contributed by atoms with van der Waals surface area (Å²) in [6, 6.07) is 10.2. The number of hydrogen-bond acceptors (Lipinski definition) is 2. The number of hydrogen-bond donors (Lipinski definition) is 1. The van der Waals surface area contributed by atoms with Gasteiger partial charge < -0.3 is 9.84 Å². The highest BCUT2D eigenvalue weighted by Gasteiger charge is 2.27. The van der Waals surface area contributed by atoms with Crippen LogP contribution in [-0.2, 0) is 12.0 Å². The SMILES string of the molecule is COc1ccc(CC(C)(O)c2cc(F)ccc2F)cc1. The normalized spacial score (nSPS) is 13.8. The topological polar surface area (TPSA) is 29.5 Å². The molecule has 0 radical (unpaired) electrons. The molecule has 1 unspecified atom stereocenters. The van der Waals surface area contributed by atoms with Gasteiger partial charge in [-0.05, 0) is 42.8 Å². The fourth-order valence-corrected chi connectivity index (χ4v) is 2.15. The van der Waals surface area contributed by atoms with Crippen LogP contribution in [0.5, 0.6) is 5.75 Å². The molecule has 2 nitrogen and oxygen atoms in total. The molecule has 0 aliphatic heterocycles. The molecular formula is C16H16F2O2. The van der Waals surface area contributed by atoms with E-state index in [0.29, 0.717) is 5.75 Å². The smallest absolute Gasteiger partial charge is 0.129 e. The lowest BCUT2D eigenvalue weighted by Gasteiger charge is -2.24. The molecule has 2 rings (SSSR count). The van der Waals surface area contributed by atoms with Crippen molar-refractivity contribution in [3.05, 3.63) is 65.2 Å². The minimum Gasteiger partial charge on any atom is -0.497 e. The van der Waals surface area contributed by atoms with Crippen LogP contribution in [0.3, 0.4) is 0 Å². The van der Waals surface area contributed by atoms with Gasteiger partial charge in [-0.1, -0.05) is 12.1 Å². The summed E-state index contributed by atoms with van der Waals surface area (Å²) < 4.78 is 32.0. The predicted octanol–water partition coefficient (Wildman–Crippen LogP) is 3.42. The molecule has 106 valence electrons. The molecule has 0 saturated heterocycles. The first-order valence-corrected chi connectivity index (χ1v) is 6.23. The largest absolute Gasteiger partial charge is 0.497 e. The second-order valence-electron chi connectivity index (χ2n) is 4.92. The highest BCUT2D eigenvalue weighted by atomic mass is 19.1. The Kier molecular flexibility index (Phi) is 4.04. The van der Waals surface area contributed by atoms with Gasteiger partial charge in [-0.25, -0.2) is 8.78 Å². The van der Waals surface area contributed by atoms with Crippen LogP contribution < -0.4 is 4.74 Å². The Labute approximate surface area is 116 Å². The summed E-state index contributed by atoms with van der Waals surface area (Å²) >= 11 is 0. The van der Waals surface area contributed by atoms with Crippen molar-refractivity contribution in [3.8, 4) is 5.75 Å². The lowest BCUT2D eigenvalue weighted by molar-refractivity contribution is 0.0534. The molecule has 0 spiro atoms. The van der Waals surface area contributed by atoms with E-state index in [9.17, 15) is 13.9 Å². The first-order valence-electron chi connectivity index (χ1n) is 6.23. The molecule has 2 aromatic carbocycles. The number of ether oxygens (including phenoxy) is 1. The van der Waals surface area contributed by atoms with Gasteiger partial charge in [0.15, 0.2) is 0 Å². The number of halogens is 2. The monoisotopic (exact) mass is 278 g/mol. The summed E-state index contributed by atoms with van der Waals surface area (Å²) in [5, 5.41) is 10.4. The number of methoxy groups -OCH3 is 1. The summed E-state index contributed by atoms with van der Waals surface area (Å²) in [6.45, 7) is 1.47. The van der Waals surface area contributed by atoms with E-state index in [1.807, 2.05) is 0 Å². The van der Waals surface area contributed by atoms with E-state index in [0.717, 1.165) is 23.8 Å². The molecule has 0 heterocycles. The van der Waals surface area contributed by atoms with E-state index < -0.39 is 17.2 Å². The Morgan fingerprint density at radius 1 is 1.10 bits per heavy atom. The Balaban J connectivity index is 2.27. The van der Waals surface area contributed by atoms with E-state index in [1.54, 1.807) is 31.4 Å². The molecule has 0 bridgehead atoms. The van der Waals surface area contributed by atoms with Crippen molar-refractivity contribution in [2.24, 2.45) is 0 Å². The van der Waals surface area contributed by atoms with E-state index in [1.165, 1.54) is 6.92 Å². The fourth-order valence-electron chi connectivity index (χ4n) is 2.15. The first kappa shape index (κ1) is 14.5. The third-order valence-corrected chi connectivity index (χ3v) is 3.22. The maximum atomic E-state index is 13.7. The summed E-state index contributed by atoms with van der Waals surface area (Å²) in [5.41, 5.74) is -0.728. The Bertz CT molecular complexity index is 592. The third-order valence-electron chi connectivity index (χ3n) is 3.22. The van der Waals surface area contributed by atoms with Crippen LogP contribution in [0.2, 0.25) is 0 Å². The summed E-state index contributed by atoms with van der Waals surface area (Å²) in [6.07, 6.45) is 0.178. The van der Waals surface area contributed by atoms with E-state index >= 15 is 0 Å². The molecule has 0 fully saturated rings. The van der Waals surface area contributed by atoms with Gasteiger partial charge in [0, 0.05) is 12.0 Å². The zero-order valence-electron chi connectivity index (χ0n) is 11.4. The van der Waals surface area contributed by atoms with E-state index in [2.05, 4.69) is 0 Å². The quantitative estimate of drug-likeness (QED) is 0.928. The van der Waals surface area contributed by atoms with Gasteiger partial charge in [-0.3, -0.25) is 0 Å². The molecule has 0 saturated carbocycles. The van der Waals surface area contributed by atoms with Gasteiger partial charge in [0.1, 0.15) is 17.4 Å². The number of rotatable bonds is 4. The van der Waals surface area contributed by atoms with Crippen LogP contribution in [0, 0.1) is 11.6 Å². The lowest BCUT2D eigenvalue weighted by atomic mass is 9.88. The average Bonchev–Trinajstić information content (AvgIpc) is 2.42. The average molecular weight is 278 g/mol. The zero-order valence-corrected chi connectivity index (χ0v) is 11.4. The molecule has 0 aliphatic carbocycles. The summed E-state index contributed by atoms with van der Waals surface area (Å²) in [4.78, 5) is 0. The predicted molar refractivity (Wildman–Crippen MR) is 72.6 cm³/mol. The zero-order chi connectivity index (χ0) is 14.8. The second kappa shape index (κ2) is 5.59. The van der Waals surface area contributed by atoms with Gasteiger partial charge in [0.2, 0.25) is 0 Å². The first-order chi connectivity index (χ1) is 9.42. The van der Waals surface area contributed by atoms with Gasteiger partial charge in [-0.15, -0.1) is 0 Å². The maximum absolute atomic E-state index is 13.7. The molecule has 0 aliphatic rings. The number of aliphatic hydroxyl groups is 1. The van der Waals surface area contributed by atoms with Crippen LogP contribution in [0.25, 0.3) is 0 Å². The Hall–Kier alpha value is -1.94. The van der Waals surface area contributed by atoms with E-state index in [4.69, 9.17) is 4.74 Å². The Morgan fingerprint density at radius 3 is 2.35 bits per heavy atom. The van der Waals surface area contributed by atoms with Crippen molar-refractivity contribution >= 4 is 0 Å². The molecule has 1 atom stereocenters. The summed E-state index contributed by atoms with van der Waals surface area (Å²) in [5.74, 6) is -0.494. The Morgan fingerprint density at radius 2 is 1.75 bits per heavy atom. The molecule has 20 heavy (non-hydrogen) atoms. The minimum absolute atomic E-state index is 0.0479. The van der Waals surface area contributed by atoms with Crippen molar-refractivity contribution in [1.82, 2.24) is 0 Å². The van der Waals surface area contributed by atoms with Gasteiger partial charge in [-0.2, -0.15) is 0 Å². The van der Waals surface area contributed by atoms with Crippen LogP contribution in [0.15, 0.2) is 42.5 Å². The van der Waals surface area contributed by atoms with Crippen molar-refractivity contribution in [2.75, 3.05) is 7.11 Å². The fraction of sp³-hybridized carbons (Fsp3) is 0.250. The van der Waals surface area contributed by atoms with Crippen molar-refractivity contribution in [1.29, 1.82) is 0 Å². The van der Waals surface area contributed by atoms with Gasteiger partial charge in [0.25, 0.3) is 0 Å². The van der Waals surface area contributed by atoms with E-state index in [-0.39, 0.29) is 12.0 Å². The third kappa shape index (κ3) is 3.14. The number of benzene rings is 2. The van der Waals surface area contributed by atoms with Crippen molar-refractivity contribution in [2.45, 2.75) is 18.9 Å². The maximum Gasteiger partial charge on any atom is 0.129 e.